The first-order valence-corrected chi connectivity index (χ1v) is 11.1. The number of aromatic nitrogens is 2. The number of halogens is 1. The van der Waals surface area contributed by atoms with E-state index in [1.165, 1.54) is 16.7 Å². The average Bonchev–Trinajstić information content (AvgIpc) is 3.31. The number of fused-ring (bicyclic) bond motifs is 1. The van der Waals surface area contributed by atoms with Crippen molar-refractivity contribution in [3.05, 3.63) is 71.5 Å². The van der Waals surface area contributed by atoms with E-state index in [1.807, 2.05) is 29.1 Å². The number of benzene rings is 2. The topological polar surface area (TPSA) is 63.9 Å². The van der Waals surface area contributed by atoms with Gasteiger partial charge in [0.15, 0.2) is 17.5 Å². The molecule has 0 radical (unpaired) electrons. The van der Waals surface area contributed by atoms with E-state index in [9.17, 15) is 0 Å². The predicted octanol–water partition coefficient (Wildman–Crippen LogP) is 4.07. The van der Waals surface area contributed by atoms with E-state index in [0.717, 1.165) is 55.6 Å². The second kappa shape index (κ2) is 11.9. The Morgan fingerprint density at radius 1 is 1.09 bits per heavy atom. The molecule has 33 heavy (non-hydrogen) atoms. The van der Waals surface area contributed by atoms with Crippen LogP contribution in [0.1, 0.15) is 23.6 Å². The number of methoxy groups -OCH3 is 2. The van der Waals surface area contributed by atoms with Crippen molar-refractivity contribution in [2.75, 3.05) is 33.9 Å². The summed E-state index contributed by atoms with van der Waals surface area (Å²) in [6.45, 7) is 5.36. The van der Waals surface area contributed by atoms with Crippen molar-refractivity contribution in [3.63, 3.8) is 0 Å². The number of nitrogens with zero attached hydrogens (tertiary/aromatic N) is 4. The normalized spacial score (nSPS) is 13.2. The summed E-state index contributed by atoms with van der Waals surface area (Å²) in [7, 11) is 3.36. The SMILES string of the molecule is CCNC(=NCCc1cnn(-c2ccccc2)c1)N1CCc2cc(OC)c(OC)cc2C1.I. The van der Waals surface area contributed by atoms with Crippen LogP contribution in [-0.2, 0) is 19.4 Å². The van der Waals surface area contributed by atoms with Crippen LogP contribution in [0.5, 0.6) is 11.5 Å². The minimum atomic E-state index is 0. The van der Waals surface area contributed by atoms with E-state index in [-0.39, 0.29) is 24.0 Å². The first kappa shape index (κ1) is 24.9. The molecular formula is C25H32IN5O2. The molecule has 1 aliphatic heterocycles. The summed E-state index contributed by atoms with van der Waals surface area (Å²) in [5.74, 6) is 2.50. The zero-order valence-corrected chi connectivity index (χ0v) is 21.8. The van der Waals surface area contributed by atoms with Crippen molar-refractivity contribution in [2.45, 2.75) is 26.3 Å². The molecule has 0 fully saturated rings. The van der Waals surface area contributed by atoms with E-state index < -0.39 is 0 Å². The van der Waals surface area contributed by atoms with Gasteiger partial charge in [-0.25, -0.2) is 4.68 Å². The van der Waals surface area contributed by atoms with Gasteiger partial charge in [0.25, 0.3) is 0 Å². The lowest BCUT2D eigenvalue weighted by atomic mass is 9.99. The van der Waals surface area contributed by atoms with E-state index >= 15 is 0 Å². The van der Waals surface area contributed by atoms with Gasteiger partial charge in [-0.05, 0) is 60.7 Å². The number of hydrogen-bond donors (Lipinski definition) is 1. The van der Waals surface area contributed by atoms with Crippen molar-refractivity contribution < 1.29 is 9.47 Å². The maximum absolute atomic E-state index is 5.50. The third kappa shape index (κ3) is 5.98. The van der Waals surface area contributed by atoms with Crippen LogP contribution in [0.4, 0.5) is 0 Å². The second-order valence-electron chi connectivity index (χ2n) is 7.76. The molecule has 7 nitrogen and oxygen atoms in total. The van der Waals surface area contributed by atoms with Crippen molar-refractivity contribution in [3.8, 4) is 17.2 Å². The summed E-state index contributed by atoms with van der Waals surface area (Å²) in [4.78, 5) is 7.21. The van der Waals surface area contributed by atoms with E-state index in [4.69, 9.17) is 14.5 Å². The van der Waals surface area contributed by atoms with Gasteiger partial charge in [0, 0.05) is 32.4 Å². The number of para-hydroxylation sites is 1. The molecule has 0 spiro atoms. The maximum atomic E-state index is 5.50. The molecule has 1 aliphatic rings. The first-order chi connectivity index (χ1) is 15.7. The molecule has 0 amide bonds. The van der Waals surface area contributed by atoms with Gasteiger partial charge >= 0.3 is 0 Å². The molecule has 0 unspecified atom stereocenters. The molecule has 2 aromatic carbocycles. The minimum Gasteiger partial charge on any atom is -0.493 e. The van der Waals surface area contributed by atoms with Gasteiger partial charge in [0.1, 0.15) is 0 Å². The minimum absolute atomic E-state index is 0. The highest BCUT2D eigenvalue weighted by Gasteiger charge is 2.21. The third-order valence-corrected chi connectivity index (χ3v) is 5.67. The van der Waals surface area contributed by atoms with E-state index in [1.54, 1.807) is 14.2 Å². The fourth-order valence-corrected chi connectivity index (χ4v) is 3.99. The second-order valence-corrected chi connectivity index (χ2v) is 7.76. The maximum Gasteiger partial charge on any atom is 0.194 e. The molecule has 176 valence electrons. The van der Waals surface area contributed by atoms with E-state index in [2.05, 4.69) is 52.7 Å². The third-order valence-electron chi connectivity index (χ3n) is 5.67. The lowest BCUT2D eigenvalue weighted by molar-refractivity contribution is 0.346. The van der Waals surface area contributed by atoms with Crippen LogP contribution in [0, 0.1) is 0 Å². The molecule has 3 aromatic rings. The highest BCUT2D eigenvalue weighted by molar-refractivity contribution is 14.0. The summed E-state index contributed by atoms with van der Waals surface area (Å²) in [5.41, 5.74) is 4.80. The Morgan fingerprint density at radius 3 is 2.52 bits per heavy atom. The molecule has 0 aliphatic carbocycles. The average molecular weight is 561 g/mol. The first-order valence-electron chi connectivity index (χ1n) is 11.1. The summed E-state index contributed by atoms with van der Waals surface area (Å²) in [5, 5.41) is 7.94. The number of guanidine groups is 1. The number of hydrogen-bond acceptors (Lipinski definition) is 4. The quantitative estimate of drug-likeness (QED) is 0.268. The summed E-state index contributed by atoms with van der Waals surface area (Å²) >= 11 is 0. The van der Waals surface area contributed by atoms with Gasteiger partial charge in [-0.15, -0.1) is 24.0 Å². The van der Waals surface area contributed by atoms with Crippen molar-refractivity contribution >= 4 is 29.9 Å². The van der Waals surface area contributed by atoms with Crippen molar-refractivity contribution in [1.82, 2.24) is 20.0 Å². The van der Waals surface area contributed by atoms with Gasteiger partial charge in [0.2, 0.25) is 0 Å². The summed E-state index contributed by atoms with van der Waals surface area (Å²) in [6.07, 6.45) is 5.79. The van der Waals surface area contributed by atoms with Crippen LogP contribution in [0.2, 0.25) is 0 Å². The van der Waals surface area contributed by atoms with Gasteiger partial charge in [0.05, 0.1) is 26.1 Å². The van der Waals surface area contributed by atoms with Gasteiger partial charge < -0.3 is 19.7 Å². The van der Waals surface area contributed by atoms with Crippen LogP contribution >= 0.6 is 24.0 Å². The Kier molecular flexibility index (Phi) is 8.99. The van der Waals surface area contributed by atoms with Crippen LogP contribution < -0.4 is 14.8 Å². The predicted molar refractivity (Wildman–Crippen MR) is 142 cm³/mol. The number of ether oxygens (including phenoxy) is 2. The van der Waals surface area contributed by atoms with Crippen LogP contribution in [0.15, 0.2) is 59.9 Å². The van der Waals surface area contributed by atoms with Crippen molar-refractivity contribution in [1.29, 1.82) is 0 Å². The van der Waals surface area contributed by atoms with Crippen LogP contribution in [-0.4, -0.2) is 54.5 Å². The number of aliphatic imine (C=N–C) groups is 1. The van der Waals surface area contributed by atoms with Gasteiger partial charge in [-0.3, -0.25) is 4.99 Å². The number of nitrogens with one attached hydrogen (secondary N) is 1. The molecular weight excluding hydrogens is 529 g/mol. The molecule has 1 N–H and O–H groups in total. The molecule has 0 saturated carbocycles. The largest absolute Gasteiger partial charge is 0.493 e. The highest BCUT2D eigenvalue weighted by Crippen LogP contribution is 2.33. The lowest BCUT2D eigenvalue weighted by Crippen LogP contribution is -2.44. The Labute approximate surface area is 212 Å². The molecule has 4 rings (SSSR count). The van der Waals surface area contributed by atoms with E-state index in [0.29, 0.717) is 6.54 Å². The molecule has 2 heterocycles. The van der Waals surface area contributed by atoms with Crippen LogP contribution in [0.25, 0.3) is 5.69 Å². The lowest BCUT2D eigenvalue weighted by Gasteiger charge is -2.32. The van der Waals surface area contributed by atoms with Crippen LogP contribution in [0.3, 0.4) is 0 Å². The Bertz CT molecular complexity index is 1070. The smallest absolute Gasteiger partial charge is 0.194 e. The Balaban J connectivity index is 0.00000306. The molecule has 1 aromatic heterocycles. The zero-order chi connectivity index (χ0) is 22.3. The summed E-state index contributed by atoms with van der Waals surface area (Å²) < 4.78 is 12.9. The Morgan fingerprint density at radius 2 is 1.82 bits per heavy atom. The zero-order valence-electron chi connectivity index (χ0n) is 19.5. The van der Waals surface area contributed by atoms with Gasteiger partial charge in [-0.1, -0.05) is 18.2 Å². The Hall–Kier alpha value is -2.75. The standard InChI is InChI=1S/C25H31N5O2.HI/c1-4-26-25(27-12-10-19-16-28-30(17-19)22-8-6-5-7-9-22)29-13-11-20-14-23(31-2)24(32-3)15-21(20)18-29;/h5-9,14-17H,4,10-13,18H2,1-3H3,(H,26,27);1H. The number of rotatable bonds is 7. The monoisotopic (exact) mass is 561 g/mol. The highest BCUT2D eigenvalue weighted by atomic mass is 127. The summed E-state index contributed by atoms with van der Waals surface area (Å²) in [6, 6.07) is 14.3. The molecule has 0 atom stereocenters. The van der Waals surface area contributed by atoms with Crippen molar-refractivity contribution in [2.24, 2.45) is 4.99 Å². The molecule has 0 bridgehead atoms. The fraction of sp³-hybridized carbons (Fsp3) is 0.360. The molecule has 8 heteroatoms. The van der Waals surface area contributed by atoms with Gasteiger partial charge in [-0.2, -0.15) is 5.10 Å². The fourth-order valence-electron chi connectivity index (χ4n) is 3.99. The molecule has 0 saturated heterocycles.